The number of anilines is 1. The van der Waals surface area contributed by atoms with Gasteiger partial charge in [-0.2, -0.15) is 4.31 Å². The Kier molecular flexibility index (Phi) is 6.07. The average molecular weight is 449 g/mol. The number of nitrogens with one attached hydrogen (secondary N) is 1. The van der Waals surface area contributed by atoms with Crippen LogP contribution >= 0.6 is 0 Å². The lowest BCUT2D eigenvalue weighted by Gasteiger charge is -2.30. The lowest BCUT2D eigenvalue weighted by atomic mass is 10.1. The first kappa shape index (κ1) is 22.5. The molecule has 0 bridgehead atoms. The first-order chi connectivity index (χ1) is 14.7. The number of hydrogen-bond acceptors (Lipinski definition) is 5. The van der Waals surface area contributed by atoms with Crippen molar-refractivity contribution >= 4 is 21.7 Å². The fourth-order valence-corrected chi connectivity index (χ4v) is 7.36. The summed E-state index contributed by atoms with van der Waals surface area (Å²) in [7, 11) is -3.84. The van der Waals surface area contributed by atoms with Crippen LogP contribution in [0.5, 0.6) is 0 Å². The SMILES string of the molecule is CCN(c1nc(C)ccc1S(=O)(=O)N1CCC[C@H]1C(=O)NC1CC12CCCC2)C(C)C. The van der Waals surface area contributed by atoms with Crippen molar-refractivity contribution in [1.29, 1.82) is 0 Å². The number of carbonyl (C=O) groups excluding carboxylic acids is 1. The van der Waals surface area contributed by atoms with Crippen molar-refractivity contribution in [3.8, 4) is 0 Å². The number of aryl methyl sites for hydroxylation is 1. The van der Waals surface area contributed by atoms with Crippen LogP contribution < -0.4 is 10.2 Å². The molecule has 1 spiro atoms. The van der Waals surface area contributed by atoms with Gasteiger partial charge in [0.15, 0.2) is 0 Å². The van der Waals surface area contributed by atoms with Gasteiger partial charge in [0.2, 0.25) is 15.9 Å². The van der Waals surface area contributed by atoms with E-state index in [0.29, 0.717) is 37.2 Å². The third-order valence-electron chi connectivity index (χ3n) is 7.41. The van der Waals surface area contributed by atoms with Crippen molar-refractivity contribution in [1.82, 2.24) is 14.6 Å². The summed E-state index contributed by atoms with van der Waals surface area (Å²) in [5.74, 6) is 0.350. The molecular formula is C23H36N4O3S. The van der Waals surface area contributed by atoms with E-state index in [1.165, 1.54) is 30.0 Å². The van der Waals surface area contributed by atoms with Crippen LogP contribution in [0.25, 0.3) is 0 Å². The monoisotopic (exact) mass is 448 g/mol. The molecule has 2 heterocycles. The van der Waals surface area contributed by atoms with Gasteiger partial charge in [0.05, 0.1) is 0 Å². The Bertz CT molecular complexity index is 940. The topological polar surface area (TPSA) is 82.6 Å². The first-order valence-electron chi connectivity index (χ1n) is 11.8. The maximum Gasteiger partial charge on any atom is 0.247 e. The second kappa shape index (κ2) is 8.35. The van der Waals surface area contributed by atoms with Gasteiger partial charge in [0.25, 0.3) is 0 Å². The van der Waals surface area contributed by atoms with Crippen LogP contribution in [-0.4, -0.2) is 54.8 Å². The molecule has 0 radical (unpaired) electrons. The Morgan fingerprint density at radius 3 is 2.65 bits per heavy atom. The van der Waals surface area contributed by atoms with Crippen molar-refractivity contribution < 1.29 is 13.2 Å². The molecule has 7 nitrogen and oxygen atoms in total. The number of sulfonamides is 1. The summed E-state index contributed by atoms with van der Waals surface area (Å²) in [6.45, 7) is 8.96. The number of nitrogens with zero attached hydrogens (tertiary/aromatic N) is 3. The zero-order valence-corrected chi connectivity index (χ0v) is 20.0. The molecule has 172 valence electrons. The van der Waals surface area contributed by atoms with E-state index in [0.717, 1.165) is 12.1 Å². The molecule has 3 fully saturated rings. The van der Waals surface area contributed by atoms with Crippen LogP contribution in [0, 0.1) is 12.3 Å². The van der Waals surface area contributed by atoms with Gasteiger partial charge in [-0.1, -0.05) is 12.8 Å². The predicted octanol–water partition coefficient (Wildman–Crippen LogP) is 3.23. The summed E-state index contributed by atoms with van der Waals surface area (Å²) in [6.07, 6.45) is 7.16. The summed E-state index contributed by atoms with van der Waals surface area (Å²) in [5.41, 5.74) is 1.07. The van der Waals surface area contributed by atoms with Gasteiger partial charge in [-0.25, -0.2) is 13.4 Å². The fraction of sp³-hybridized carbons (Fsp3) is 0.739. The molecule has 0 aromatic carbocycles. The highest BCUT2D eigenvalue weighted by Crippen LogP contribution is 2.57. The number of rotatable bonds is 7. The molecule has 2 atom stereocenters. The predicted molar refractivity (Wildman–Crippen MR) is 121 cm³/mol. The second-order valence-corrected chi connectivity index (χ2v) is 11.6. The van der Waals surface area contributed by atoms with Gasteiger partial charge in [-0.3, -0.25) is 4.79 Å². The number of aromatic nitrogens is 1. The lowest BCUT2D eigenvalue weighted by molar-refractivity contribution is -0.124. The van der Waals surface area contributed by atoms with E-state index in [1.54, 1.807) is 12.1 Å². The third-order valence-corrected chi connectivity index (χ3v) is 9.34. The minimum absolute atomic E-state index is 0.114. The van der Waals surface area contributed by atoms with Crippen LogP contribution in [0.1, 0.15) is 71.4 Å². The summed E-state index contributed by atoms with van der Waals surface area (Å²) in [5, 5.41) is 3.19. The van der Waals surface area contributed by atoms with E-state index in [-0.39, 0.29) is 22.9 Å². The van der Waals surface area contributed by atoms with E-state index in [1.807, 2.05) is 32.6 Å². The molecule has 31 heavy (non-hydrogen) atoms. The number of pyridine rings is 1. The summed E-state index contributed by atoms with van der Waals surface area (Å²) in [6, 6.07) is 3.10. The molecule has 1 amide bonds. The molecule has 1 saturated heterocycles. The smallest absolute Gasteiger partial charge is 0.247 e. The minimum atomic E-state index is -3.84. The van der Waals surface area contributed by atoms with Crippen LogP contribution in [-0.2, 0) is 14.8 Å². The van der Waals surface area contributed by atoms with Gasteiger partial charge < -0.3 is 10.2 Å². The zero-order chi connectivity index (χ0) is 22.4. The Balaban J connectivity index is 1.59. The maximum absolute atomic E-state index is 13.8. The van der Waals surface area contributed by atoms with E-state index < -0.39 is 16.1 Å². The molecule has 2 saturated carbocycles. The van der Waals surface area contributed by atoms with Gasteiger partial charge in [0.1, 0.15) is 16.8 Å². The third kappa shape index (κ3) is 4.09. The molecule has 8 heteroatoms. The molecule has 4 rings (SSSR count). The highest BCUT2D eigenvalue weighted by Gasteiger charge is 2.56. The Hall–Kier alpha value is -1.67. The highest BCUT2D eigenvalue weighted by molar-refractivity contribution is 7.89. The molecule has 1 unspecified atom stereocenters. The summed E-state index contributed by atoms with van der Waals surface area (Å²) >= 11 is 0. The molecule has 1 N–H and O–H groups in total. The molecule has 2 aliphatic carbocycles. The average Bonchev–Trinajstić information content (AvgIpc) is 3.08. The summed E-state index contributed by atoms with van der Waals surface area (Å²) in [4.78, 5) is 19.9. The molecule has 1 aromatic rings. The Morgan fingerprint density at radius 2 is 2.00 bits per heavy atom. The maximum atomic E-state index is 13.8. The number of hydrogen-bond donors (Lipinski definition) is 1. The molecular weight excluding hydrogens is 412 g/mol. The van der Waals surface area contributed by atoms with E-state index in [2.05, 4.69) is 10.3 Å². The van der Waals surface area contributed by atoms with Crippen LogP contribution in [0.15, 0.2) is 17.0 Å². The second-order valence-electron chi connectivity index (χ2n) is 9.76. The molecule has 1 aromatic heterocycles. The Morgan fingerprint density at radius 1 is 1.29 bits per heavy atom. The van der Waals surface area contributed by atoms with Crippen LogP contribution in [0.4, 0.5) is 5.82 Å². The van der Waals surface area contributed by atoms with Gasteiger partial charge in [-0.05, 0) is 77.3 Å². The van der Waals surface area contributed by atoms with Crippen molar-refractivity contribution in [2.24, 2.45) is 5.41 Å². The largest absolute Gasteiger partial charge is 0.353 e. The van der Waals surface area contributed by atoms with Crippen LogP contribution in [0.2, 0.25) is 0 Å². The number of amides is 1. The van der Waals surface area contributed by atoms with E-state index in [4.69, 9.17) is 0 Å². The van der Waals surface area contributed by atoms with Crippen molar-refractivity contribution in [2.75, 3.05) is 18.0 Å². The normalized spacial score (nSPS) is 25.3. The van der Waals surface area contributed by atoms with Gasteiger partial charge in [-0.15, -0.1) is 0 Å². The van der Waals surface area contributed by atoms with Crippen LogP contribution in [0.3, 0.4) is 0 Å². The fourth-order valence-electron chi connectivity index (χ4n) is 5.56. The first-order valence-corrected chi connectivity index (χ1v) is 13.2. The minimum Gasteiger partial charge on any atom is -0.353 e. The molecule has 3 aliphatic rings. The zero-order valence-electron chi connectivity index (χ0n) is 19.2. The summed E-state index contributed by atoms with van der Waals surface area (Å²) < 4.78 is 28.9. The van der Waals surface area contributed by atoms with Crippen molar-refractivity contribution in [3.63, 3.8) is 0 Å². The Labute approximate surface area is 186 Å². The number of carbonyl (C=O) groups is 1. The van der Waals surface area contributed by atoms with Crippen molar-refractivity contribution in [3.05, 3.63) is 17.8 Å². The van der Waals surface area contributed by atoms with E-state index >= 15 is 0 Å². The van der Waals surface area contributed by atoms with E-state index in [9.17, 15) is 13.2 Å². The molecule has 1 aliphatic heterocycles. The standard InChI is InChI=1S/C23H36N4O3S/c1-5-26(16(2)3)21-19(11-10-17(4)24-21)31(29,30)27-14-8-9-18(27)22(28)25-20-15-23(20)12-6-7-13-23/h10-11,16,18,20H,5-9,12-15H2,1-4H3,(H,25,28)/t18-,20?/m0/s1. The lowest BCUT2D eigenvalue weighted by Crippen LogP contribution is -2.47. The quantitative estimate of drug-likeness (QED) is 0.692. The van der Waals surface area contributed by atoms with Crippen molar-refractivity contribution in [2.45, 2.75) is 95.7 Å². The van der Waals surface area contributed by atoms with Gasteiger partial charge >= 0.3 is 0 Å². The highest BCUT2D eigenvalue weighted by atomic mass is 32.2. The van der Waals surface area contributed by atoms with Gasteiger partial charge in [0, 0.05) is 30.9 Å².